The van der Waals surface area contributed by atoms with Crippen molar-refractivity contribution in [2.75, 3.05) is 0 Å². The zero-order valence-corrected chi connectivity index (χ0v) is 9.37. The Morgan fingerprint density at radius 1 is 1.56 bits per heavy atom. The van der Waals surface area contributed by atoms with Crippen LogP contribution in [-0.2, 0) is 0 Å². The van der Waals surface area contributed by atoms with Gasteiger partial charge in [0.2, 0.25) is 0 Å². The quantitative estimate of drug-likeness (QED) is 0.826. The van der Waals surface area contributed by atoms with Crippen molar-refractivity contribution in [1.82, 2.24) is 14.9 Å². The van der Waals surface area contributed by atoms with Crippen molar-refractivity contribution in [2.45, 2.75) is 24.9 Å². The Morgan fingerprint density at radius 2 is 2.33 bits per heavy atom. The summed E-state index contributed by atoms with van der Waals surface area (Å²) in [5.41, 5.74) is 0.971. The second kappa shape index (κ2) is 3.86. The van der Waals surface area contributed by atoms with Crippen molar-refractivity contribution < 1.29 is 14.3 Å². The third-order valence-electron chi connectivity index (χ3n) is 3.18. The van der Waals surface area contributed by atoms with E-state index in [1.165, 1.54) is 4.57 Å². The van der Waals surface area contributed by atoms with E-state index in [2.05, 4.69) is 10.3 Å². The Morgan fingerprint density at radius 3 is 3.06 bits per heavy atom. The average Bonchev–Trinajstić information content (AvgIpc) is 2.59. The van der Waals surface area contributed by atoms with Crippen LogP contribution in [0.15, 0.2) is 27.5 Å². The van der Waals surface area contributed by atoms with Gasteiger partial charge in [0, 0.05) is 18.3 Å². The molecule has 0 aromatic carbocycles. The van der Waals surface area contributed by atoms with Crippen LogP contribution in [0.4, 0.5) is 4.79 Å². The highest BCUT2D eigenvalue weighted by Crippen LogP contribution is 2.33. The van der Waals surface area contributed by atoms with Gasteiger partial charge in [-0.05, 0) is 25.0 Å². The molecular formula is C11H11N3O4. The summed E-state index contributed by atoms with van der Waals surface area (Å²) in [7, 11) is 0. The molecule has 0 unspecified atom stereocenters. The van der Waals surface area contributed by atoms with Crippen molar-refractivity contribution >= 4 is 17.3 Å². The molecule has 2 aromatic heterocycles. The number of nitrogens with zero attached hydrogens (tertiary/aromatic N) is 2. The van der Waals surface area contributed by atoms with Gasteiger partial charge in [0.15, 0.2) is 11.2 Å². The number of hydrogen-bond acceptors (Lipinski definition) is 4. The van der Waals surface area contributed by atoms with Crippen LogP contribution in [0, 0.1) is 0 Å². The highest BCUT2D eigenvalue weighted by Gasteiger charge is 2.34. The van der Waals surface area contributed by atoms with Gasteiger partial charge >= 0.3 is 11.8 Å². The predicted octanol–water partition coefficient (Wildman–Crippen LogP) is 0.961. The Bertz CT molecular complexity index is 654. The van der Waals surface area contributed by atoms with Gasteiger partial charge in [-0.25, -0.2) is 14.6 Å². The summed E-state index contributed by atoms with van der Waals surface area (Å²) in [5, 5.41) is 11.0. The number of oxazole rings is 1. The van der Waals surface area contributed by atoms with E-state index in [1.807, 2.05) is 0 Å². The number of rotatable bonds is 2. The molecule has 2 N–H and O–H groups in total. The molecule has 1 aliphatic rings. The smallest absolute Gasteiger partial charge is 0.421 e. The second-order valence-electron chi connectivity index (χ2n) is 4.33. The maximum absolute atomic E-state index is 11.7. The molecule has 2 heterocycles. The third kappa shape index (κ3) is 1.64. The molecule has 18 heavy (non-hydrogen) atoms. The van der Waals surface area contributed by atoms with E-state index < -0.39 is 11.8 Å². The predicted molar refractivity (Wildman–Crippen MR) is 61.5 cm³/mol. The first-order valence-electron chi connectivity index (χ1n) is 5.60. The number of hydrogen-bond donors (Lipinski definition) is 2. The lowest BCUT2D eigenvalue weighted by atomic mass is 9.86. The molecule has 0 radical (unpaired) electrons. The highest BCUT2D eigenvalue weighted by atomic mass is 16.4. The van der Waals surface area contributed by atoms with Gasteiger partial charge in [0.25, 0.3) is 0 Å². The Labute approximate surface area is 101 Å². The summed E-state index contributed by atoms with van der Waals surface area (Å²) in [4.78, 5) is 26.3. The van der Waals surface area contributed by atoms with Crippen LogP contribution in [0.5, 0.6) is 0 Å². The highest BCUT2D eigenvalue weighted by molar-refractivity contribution is 5.68. The largest absolute Gasteiger partial charge is 0.465 e. The Hall–Kier alpha value is -2.31. The number of amides is 1. The van der Waals surface area contributed by atoms with E-state index in [0.29, 0.717) is 24.1 Å². The number of aromatic nitrogens is 2. The summed E-state index contributed by atoms with van der Waals surface area (Å²) in [6.45, 7) is 0. The minimum atomic E-state index is -1.04. The number of carbonyl (C=O) groups is 1. The molecule has 0 saturated heterocycles. The van der Waals surface area contributed by atoms with Crippen LogP contribution < -0.4 is 11.1 Å². The molecule has 0 aliphatic heterocycles. The van der Waals surface area contributed by atoms with Gasteiger partial charge in [0.1, 0.15) is 0 Å². The Kier molecular flexibility index (Phi) is 2.32. The fraction of sp³-hybridized carbons (Fsp3) is 0.364. The van der Waals surface area contributed by atoms with E-state index in [0.717, 1.165) is 0 Å². The monoisotopic (exact) mass is 249 g/mol. The molecule has 1 fully saturated rings. The van der Waals surface area contributed by atoms with Gasteiger partial charge in [-0.2, -0.15) is 0 Å². The molecule has 0 atom stereocenters. The van der Waals surface area contributed by atoms with Gasteiger partial charge in [-0.15, -0.1) is 0 Å². The molecule has 2 aromatic rings. The average molecular weight is 249 g/mol. The molecule has 7 nitrogen and oxygen atoms in total. The summed E-state index contributed by atoms with van der Waals surface area (Å²) in [6.07, 6.45) is 1.72. The summed E-state index contributed by atoms with van der Waals surface area (Å²) in [6, 6.07) is 3.23. The molecule has 1 aliphatic carbocycles. The normalized spacial score (nSPS) is 22.7. The van der Waals surface area contributed by atoms with Crippen molar-refractivity contribution in [3.05, 3.63) is 28.9 Å². The third-order valence-corrected chi connectivity index (χ3v) is 3.18. The minimum Gasteiger partial charge on any atom is -0.465 e. The minimum absolute atomic E-state index is 0.0505. The molecule has 0 spiro atoms. The first-order chi connectivity index (χ1) is 8.65. The molecule has 0 bridgehead atoms. The zero-order valence-electron chi connectivity index (χ0n) is 9.37. The van der Waals surface area contributed by atoms with Crippen LogP contribution in [0.1, 0.15) is 18.9 Å². The van der Waals surface area contributed by atoms with Crippen LogP contribution >= 0.6 is 0 Å². The van der Waals surface area contributed by atoms with E-state index in [4.69, 9.17) is 9.52 Å². The van der Waals surface area contributed by atoms with Gasteiger partial charge in [-0.3, -0.25) is 4.57 Å². The van der Waals surface area contributed by atoms with Crippen LogP contribution in [0.2, 0.25) is 0 Å². The maximum Gasteiger partial charge on any atom is 0.421 e. The SMILES string of the molecule is O=C(O)N[C@H]1C[C@H](n2c(=O)oc3cccnc32)C1. The molecule has 1 amide bonds. The lowest BCUT2D eigenvalue weighted by molar-refractivity contribution is 0.166. The summed E-state index contributed by atoms with van der Waals surface area (Å²) < 4.78 is 6.58. The summed E-state index contributed by atoms with van der Waals surface area (Å²) >= 11 is 0. The first kappa shape index (κ1) is 10.8. The van der Waals surface area contributed by atoms with Crippen molar-refractivity contribution in [1.29, 1.82) is 0 Å². The molecule has 1 saturated carbocycles. The van der Waals surface area contributed by atoms with Crippen molar-refractivity contribution in [2.24, 2.45) is 0 Å². The molecule has 3 rings (SSSR count). The van der Waals surface area contributed by atoms with Crippen LogP contribution in [0.3, 0.4) is 0 Å². The zero-order chi connectivity index (χ0) is 12.7. The molecular weight excluding hydrogens is 238 g/mol. The number of pyridine rings is 1. The van der Waals surface area contributed by atoms with E-state index in [-0.39, 0.29) is 12.1 Å². The lowest BCUT2D eigenvalue weighted by Crippen LogP contribution is -2.46. The summed E-state index contributed by atoms with van der Waals surface area (Å²) in [5.74, 6) is -0.442. The topological polar surface area (TPSA) is 97.4 Å². The Balaban J connectivity index is 1.86. The van der Waals surface area contributed by atoms with Crippen molar-refractivity contribution in [3.8, 4) is 0 Å². The van der Waals surface area contributed by atoms with Gasteiger partial charge in [-0.1, -0.05) is 0 Å². The lowest BCUT2D eigenvalue weighted by Gasteiger charge is -2.34. The van der Waals surface area contributed by atoms with Gasteiger partial charge < -0.3 is 14.8 Å². The van der Waals surface area contributed by atoms with E-state index in [1.54, 1.807) is 18.3 Å². The molecule has 7 heteroatoms. The fourth-order valence-corrected chi connectivity index (χ4v) is 2.29. The van der Waals surface area contributed by atoms with Crippen molar-refractivity contribution in [3.63, 3.8) is 0 Å². The van der Waals surface area contributed by atoms with E-state index in [9.17, 15) is 9.59 Å². The number of nitrogens with one attached hydrogen (secondary N) is 1. The fourth-order valence-electron chi connectivity index (χ4n) is 2.29. The van der Waals surface area contributed by atoms with Crippen LogP contribution in [-0.4, -0.2) is 26.8 Å². The number of carboxylic acid groups (broad SMARTS) is 1. The maximum atomic E-state index is 11.7. The van der Waals surface area contributed by atoms with Crippen LogP contribution in [0.25, 0.3) is 11.2 Å². The van der Waals surface area contributed by atoms with E-state index >= 15 is 0 Å². The van der Waals surface area contributed by atoms with Gasteiger partial charge in [0.05, 0.1) is 0 Å². The number of fused-ring (bicyclic) bond motifs is 1. The second-order valence-corrected chi connectivity index (χ2v) is 4.33. The standard InChI is InChI=1S/C11H11N3O4/c15-10(16)13-6-4-7(5-6)14-9-8(18-11(14)17)2-1-3-12-9/h1-3,6-7,13H,4-5H2,(H,15,16)/t6-,7-. The molecule has 94 valence electrons. The first-order valence-corrected chi connectivity index (χ1v) is 5.60.